The topological polar surface area (TPSA) is 62.3 Å². The second-order valence-electron chi connectivity index (χ2n) is 9.60. The number of piperidine rings is 1. The Morgan fingerprint density at radius 3 is 2.54 bits per heavy atom. The van der Waals surface area contributed by atoms with Crippen LogP contribution >= 0.6 is 0 Å². The summed E-state index contributed by atoms with van der Waals surface area (Å²) in [4.78, 5) is 32.3. The maximum atomic E-state index is 14.7. The maximum absolute atomic E-state index is 14.7. The average Bonchev–Trinajstić information content (AvgIpc) is 3.75. The number of likely N-dealkylation sites (tertiary alicyclic amines) is 1. The van der Waals surface area contributed by atoms with Gasteiger partial charge in [0.1, 0.15) is 23.4 Å². The van der Waals surface area contributed by atoms with E-state index in [1.165, 1.54) is 4.90 Å². The molecule has 1 aliphatic heterocycles. The molecule has 1 N–H and O–H groups in total. The van der Waals surface area contributed by atoms with Gasteiger partial charge in [-0.25, -0.2) is 8.78 Å². The van der Waals surface area contributed by atoms with Gasteiger partial charge in [0.25, 0.3) is 5.91 Å². The largest absolute Gasteiger partial charge is 0.419 e. The Balaban J connectivity index is 1.39. The molecule has 2 aliphatic carbocycles. The van der Waals surface area contributed by atoms with Crippen molar-refractivity contribution in [2.24, 2.45) is 11.8 Å². The summed E-state index contributed by atoms with van der Waals surface area (Å²) in [5.41, 5.74) is -0.826. The summed E-state index contributed by atoms with van der Waals surface area (Å²) in [6.45, 7) is 1.95. The summed E-state index contributed by atoms with van der Waals surface area (Å²) >= 11 is 0. The predicted octanol–water partition coefficient (Wildman–Crippen LogP) is 4.81. The van der Waals surface area contributed by atoms with Crippen LogP contribution in [0.2, 0.25) is 0 Å². The first-order valence-electron chi connectivity index (χ1n) is 11.7. The Labute approximate surface area is 198 Å². The van der Waals surface area contributed by atoms with E-state index in [-0.39, 0.29) is 41.1 Å². The van der Waals surface area contributed by atoms with Crippen LogP contribution in [0.3, 0.4) is 0 Å². The van der Waals surface area contributed by atoms with E-state index in [2.05, 4.69) is 10.3 Å². The number of nitrogens with one attached hydrogen (secondary N) is 1. The Morgan fingerprint density at radius 2 is 1.89 bits per heavy atom. The minimum absolute atomic E-state index is 0.0787. The molecule has 1 aromatic heterocycles. The Hall–Kier alpha value is -3.04. The first-order chi connectivity index (χ1) is 16.6. The first-order valence-corrected chi connectivity index (χ1v) is 11.7. The van der Waals surface area contributed by atoms with Crippen LogP contribution in [-0.4, -0.2) is 33.8 Å². The quantitative estimate of drug-likeness (QED) is 0.588. The van der Waals surface area contributed by atoms with E-state index >= 15 is 0 Å². The van der Waals surface area contributed by atoms with Crippen LogP contribution in [0.25, 0.3) is 0 Å². The van der Waals surface area contributed by atoms with Crippen molar-refractivity contribution < 1.29 is 31.5 Å². The average molecular weight is 493 g/mol. The zero-order valence-electron chi connectivity index (χ0n) is 18.9. The number of pyridine rings is 1. The van der Waals surface area contributed by atoms with E-state index in [9.17, 15) is 31.5 Å². The van der Waals surface area contributed by atoms with E-state index in [0.717, 1.165) is 18.4 Å². The third-order valence-corrected chi connectivity index (χ3v) is 7.21. The number of carbonyl (C=O) groups excluding carboxylic acids is 2. The van der Waals surface area contributed by atoms with E-state index < -0.39 is 41.4 Å². The van der Waals surface area contributed by atoms with Crippen molar-refractivity contribution in [3.63, 3.8) is 0 Å². The molecule has 2 saturated carbocycles. The number of rotatable bonds is 6. The standard InChI is InChI=1S/C25H24F5N3O2/c1-2-12-5-6-31-19(7-12)24(35)33-20-8-14(20)9-21(33)23(34)32-22(13-3-4-13)15-10-18(27)16(11-17(15)26)25(28,29)30/h5-7,10-11,13-14,20-22H,2-4,8-9H2,1H3,(H,32,34)/t14-,20-,21-,22-/m1/s1. The number of aromatic nitrogens is 1. The molecule has 5 nitrogen and oxygen atoms in total. The lowest BCUT2D eigenvalue weighted by molar-refractivity contribution is -0.140. The van der Waals surface area contributed by atoms with Gasteiger partial charge in [0.05, 0.1) is 11.6 Å². The number of fused-ring (bicyclic) bond motifs is 1. The third-order valence-electron chi connectivity index (χ3n) is 7.21. The van der Waals surface area contributed by atoms with Gasteiger partial charge in [-0.15, -0.1) is 0 Å². The summed E-state index contributed by atoms with van der Waals surface area (Å²) in [6.07, 6.45) is -0.288. The molecule has 1 aromatic carbocycles. The highest BCUT2D eigenvalue weighted by Crippen LogP contribution is 2.49. The maximum Gasteiger partial charge on any atom is 0.419 e. The van der Waals surface area contributed by atoms with Crippen LogP contribution in [-0.2, 0) is 17.4 Å². The fourth-order valence-corrected chi connectivity index (χ4v) is 5.07. The van der Waals surface area contributed by atoms with Crippen molar-refractivity contribution in [3.05, 3.63) is 64.5 Å². The van der Waals surface area contributed by atoms with Crippen LogP contribution in [0.5, 0.6) is 0 Å². The lowest BCUT2D eigenvalue weighted by atomic mass is 9.98. The Kier molecular flexibility index (Phi) is 5.80. The molecular formula is C25H24F5N3O2. The summed E-state index contributed by atoms with van der Waals surface area (Å²) in [6, 6.07) is 2.31. The van der Waals surface area contributed by atoms with Crippen molar-refractivity contribution in [1.29, 1.82) is 0 Å². The smallest absolute Gasteiger partial charge is 0.347 e. The fourth-order valence-electron chi connectivity index (χ4n) is 5.07. The van der Waals surface area contributed by atoms with Crippen LogP contribution in [0.1, 0.15) is 65.8 Å². The van der Waals surface area contributed by atoms with E-state index in [0.29, 0.717) is 25.3 Å². The number of amides is 2. The van der Waals surface area contributed by atoms with E-state index in [1.54, 1.807) is 12.3 Å². The highest BCUT2D eigenvalue weighted by atomic mass is 19.4. The number of nitrogens with zero attached hydrogens (tertiary/aromatic N) is 2. The number of benzene rings is 1. The lowest BCUT2D eigenvalue weighted by Crippen LogP contribution is -2.49. The van der Waals surface area contributed by atoms with Gasteiger partial charge in [-0.2, -0.15) is 13.2 Å². The molecule has 3 fully saturated rings. The second-order valence-corrected chi connectivity index (χ2v) is 9.60. The molecule has 0 unspecified atom stereocenters. The third kappa shape index (κ3) is 4.50. The molecule has 0 spiro atoms. The molecule has 2 amide bonds. The number of carbonyl (C=O) groups is 2. The number of aryl methyl sites for hydroxylation is 1. The molecule has 2 heterocycles. The van der Waals surface area contributed by atoms with Crippen molar-refractivity contribution >= 4 is 11.8 Å². The zero-order chi connectivity index (χ0) is 25.1. The monoisotopic (exact) mass is 493 g/mol. The van der Waals surface area contributed by atoms with Gasteiger partial charge in [0, 0.05) is 17.8 Å². The van der Waals surface area contributed by atoms with E-state index in [1.807, 2.05) is 13.0 Å². The van der Waals surface area contributed by atoms with Crippen LogP contribution in [0, 0.1) is 23.5 Å². The molecule has 0 radical (unpaired) electrons. The first kappa shape index (κ1) is 23.7. The summed E-state index contributed by atoms with van der Waals surface area (Å²) in [5, 5.41) is 2.72. The van der Waals surface area contributed by atoms with Crippen molar-refractivity contribution in [3.8, 4) is 0 Å². The van der Waals surface area contributed by atoms with Crippen LogP contribution in [0.15, 0.2) is 30.5 Å². The second kappa shape index (κ2) is 8.57. The number of alkyl halides is 3. The Bertz CT molecular complexity index is 1180. The molecule has 35 heavy (non-hydrogen) atoms. The number of hydrogen-bond donors (Lipinski definition) is 1. The molecule has 0 bridgehead atoms. The van der Waals surface area contributed by atoms with Gasteiger partial charge in [-0.1, -0.05) is 6.92 Å². The molecule has 5 rings (SSSR count). The van der Waals surface area contributed by atoms with Crippen molar-refractivity contribution in [2.45, 2.75) is 63.3 Å². The lowest BCUT2D eigenvalue weighted by Gasteiger charge is -2.29. The number of hydrogen-bond acceptors (Lipinski definition) is 3. The SMILES string of the molecule is CCc1ccnc(C(=O)N2[C@@H](C(=O)N[C@@H](c3cc(F)c(C(F)(F)F)cc3F)C3CC3)C[C@H]3C[C@H]32)c1. The minimum Gasteiger partial charge on any atom is -0.347 e. The van der Waals surface area contributed by atoms with Gasteiger partial charge in [-0.05, 0) is 73.8 Å². The molecule has 186 valence electrons. The van der Waals surface area contributed by atoms with Gasteiger partial charge in [0.2, 0.25) is 5.91 Å². The summed E-state index contributed by atoms with van der Waals surface area (Å²) < 4.78 is 67.9. The van der Waals surface area contributed by atoms with Gasteiger partial charge >= 0.3 is 6.18 Å². The fraction of sp³-hybridized carbons (Fsp3) is 0.480. The van der Waals surface area contributed by atoms with Gasteiger partial charge in [-0.3, -0.25) is 14.6 Å². The summed E-state index contributed by atoms with van der Waals surface area (Å²) in [5.74, 6) is -3.72. The molecular weight excluding hydrogens is 469 g/mol. The molecule has 1 saturated heterocycles. The van der Waals surface area contributed by atoms with Crippen molar-refractivity contribution in [1.82, 2.24) is 15.2 Å². The molecule has 10 heteroatoms. The van der Waals surface area contributed by atoms with Gasteiger partial charge < -0.3 is 10.2 Å². The Morgan fingerprint density at radius 1 is 1.14 bits per heavy atom. The highest BCUT2D eigenvalue weighted by Gasteiger charge is 2.56. The predicted molar refractivity (Wildman–Crippen MR) is 115 cm³/mol. The normalized spacial score (nSPS) is 24.2. The minimum atomic E-state index is -5.03. The molecule has 4 atom stereocenters. The van der Waals surface area contributed by atoms with Gasteiger partial charge in [0.15, 0.2) is 0 Å². The van der Waals surface area contributed by atoms with Crippen molar-refractivity contribution in [2.75, 3.05) is 0 Å². The zero-order valence-corrected chi connectivity index (χ0v) is 18.9. The summed E-state index contributed by atoms with van der Waals surface area (Å²) in [7, 11) is 0. The van der Waals surface area contributed by atoms with Crippen LogP contribution < -0.4 is 5.32 Å². The highest BCUT2D eigenvalue weighted by molar-refractivity contribution is 5.97. The molecule has 2 aromatic rings. The number of halogens is 5. The molecule has 3 aliphatic rings. The van der Waals surface area contributed by atoms with Crippen LogP contribution in [0.4, 0.5) is 22.0 Å². The van der Waals surface area contributed by atoms with E-state index in [4.69, 9.17) is 0 Å².